The van der Waals surface area contributed by atoms with E-state index in [1.54, 1.807) is 17.9 Å². The van der Waals surface area contributed by atoms with E-state index in [1.165, 1.54) is 0 Å². The van der Waals surface area contributed by atoms with Crippen molar-refractivity contribution in [2.24, 2.45) is 0 Å². The predicted octanol–water partition coefficient (Wildman–Crippen LogP) is 4.23. The number of rotatable bonds is 12. The predicted molar refractivity (Wildman–Crippen MR) is 134 cm³/mol. The Labute approximate surface area is 202 Å². The van der Waals surface area contributed by atoms with E-state index in [9.17, 15) is 4.79 Å². The molecule has 8 nitrogen and oxygen atoms in total. The third-order valence-corrected chi connectivity index (χ3v) is 6.66. The maximum Gasteiger partial charge on any atom is 0.274 e. The number of ether oxygens (including phenoxy) is 3. The van der Waals surface area contributed by atoms with Crippen LogP contribution in [0.5, 0.6) is 5.88 Å². The average molecular weight is 471 g/mol. The molecule has 0 saturated heterocycles. The van der Waals surface area contributed by atoms with Crippen LogP contribution in [0.4, 0.5) is 11.4 Å². The van der Waals surface area contributed by atoms with Crippen LogP contribution in [0.1, 0.15) is 58.9 Å². The molecular formula is C26H38N4O4. The molecule has 0 aromatic carbocycles. The Morgan fingerprint density at radius 1 is 1.09 bits per heavy atom. The highest BCUT2D eigenvalue weighted by Gasteiger charge is 2.34. The summed E-state index contributed by atoms with van der Waals surface area (Å²) in [7, 11) is 1.71. The minimum atomic E-state index is 0.0156. The van der Waals surface area contributed by atoms with E-state index in [-0.39, 0.29) is 36.0 Å². The number of anilines is 2. The summed E-state index contributed by atoms with van der Waals surface area (Å²) in [6.07, 6.45) is 8.62. The van der Waals surface area contributed by atoms with Gasteiger partial charge >= 0.3 is 0 Å². The van der Waals surface area contributed by atoms with Gasteiger partial charge in [-0.25, -0.2) is 4.98 Å². The van der Waals surface area contributed by atoms with Crippen molar-refractivity contribution in [3.05, 3.63) is 47.0 Å². The Morgan fingerprint density at radius 3 is 2.59 bits per heavy atom. The molecule has 0 aliphatic heterocycles. The number of hydrogen-bond donors (Lipinski definition) is 2. The maximum absolute atomic E-state index is 12.9. The van der Waals surface area contributed by atoms with E-state index in [2.05, 4.69) is 36.4 Å². The van der Waals surface area contributed by atoms with Crippen molar-refractivity contribution in [1.82, 2.24) is 9.55 Å². The normalized spacial score (nSPS) is 24.7. The lowest BCUT2D eigenvalue weighted by Gasteiger charge is -2.36. The smallest absolute Gasteiger partial charge is 0.274 e. The average Bonchev–Trinajstić information content (AvgIpc) is 2.75. The lowest BCUT2D eigenvalue weighted by Crippen LogP contribution is -2.41. The molecule has 4 rings (SSSR count). The Bertz CT molecular complexity index is 987. The number of nitrogens with one attached hydrogen (secondary N) is 2. The van der Waals surface area contributed by atoms with E-state index >= 15 is 0 Å². The van der Waals surface area contributed by atoms with Crippen LogP contribution in [-0.2, 0) is 9.47 Å². The quantitative estimate of drug-likeness (QED) is 0.480. The fourth-order valence-corrected chi connectivity index (χ4v) is 4.49. The first kappa shape index (κ1) is 24.5. The topological polar surface area (TPSA) is 86.6 Å². The zero-order chi connectivity index (χ0) is 24.1. The molecule has 2 heterocycles. The van der Waals surface area contributed by atoms with Crippen LogP contribution in [-0.4, -0.2) is 53.7 Å². The molecule has 0 spiro atoms. The highest BCUT2D eigenvalue weighted by molar-refractivity contribution is 5.52. The summed E-state index contributed by atoms with van der Waals surface area (Å²) in [5.41, 5.74) is 1.58. The zero-order valence-corrected chi connectivity index (χ0v) is 20.7. The Morgan fingerprint density at radius 2 is 1.88 bits per heavy atom. The second-order valence-corrected chi connectivity index (χ2v) is 9.75. The fourth-order valence-electron chi connectivity index (χ4n) is 4.49. The van der Waals surface area contributed by atoms with Crippen molar-refractivity contribution in [1.29, 1.82) is 0 Å². The van der Waals surface area contributed by atoms with Gasteiger partial charge in [0.15, 0.2) is 0 Å². The molecule has 34 heavy (non-hydrogen) atoms. The molecule has 1 unspecified atom stereocenters. The third kappa shape index (κ3) is 5.91. The molecule has 2 aromatic rings. The third-order valence-electron chi connectivity index (χ3n) is 6.66. The summed E-state index contributed by atoms with van der Waals surface area (Å²) in [6.45, 7) is 6.92. The molecule has 2 saturated carbocycles. The van der Waals surface area contributed by atoms with Crippen molar-refractivity contribution in [3.63, 3.8) is 0 Å². The van der Waals surface area contributed by atoms with Gasteiger partial charge in [0.25, 0.3) is 5.56 Å². The SMILES string of the molecule is CO[C@H]1CC[C@@H]1n1cccc(NC(C)CCO[C@H]2C[C@H](Oc3ncccc3NC(C)C)C2)c1=O. The van der Waals surface area contributed by atoms with E-state index in [4.69, 9.17) is 14.2 Å². The second-order valence-electron chi connectivity index (χ2n) is 9.75. The molecular weight excluding hydrogens is 432 g/mol. The van der Waals surface area contributed by atoms with Gasteiger partial charge in [0.2, 0.25) is 5.88 Å². The minimum absolute atomic E-state index is 0.0156. The maximum atomic E-state index is 12.9. The number of hydrogen-bond acceptors (Lipinski definition) is 7. The van der Waals surface area contributed by atoms with Crippen LogP contribution in [0.25, 0.3) is 0 Å². The molecule has 0 amide bonds. The van der Waals surface area contributed by atoms with Crippen LogP contribution in [0.2, 0.25) is 0 Å². The van der Waals surface area contributed by atoms with Gasteiger partial charge in [0.1, 0.15) is 11.8 Å². The first-order valence-corrected chi connectivity index (χ1v) is 12.4. The highest BCUT2D eigenvalue weighted by Crippen LogP contribution is 2.34. The molecule has 8 heteroatoms. The molecule has 2 fully saturated rings. The van der Waals surface area contributed by atoms with Crippen LogP contribution >= 0.6 is 0 Å². The van der Waals surface area contributed by atoms with Gasteiger partial charge in [0, 0.05) is 51.0 Å². The summed E-state index contributed by atoms with van der Waals surface area (Å²) in [5, 5.41) is 6.74. The second kappa shape index (κ2) is 11.2. The molecule has 186 valence electrons. The Kier molecular flexibility index (Phi) is 8.11. The first-order valence-electron chi connectivity index (χ1n) is 12.4. The molecule has 2 aliphatic carbocycles. The van der Waals surface area contributed by atoms with Gasteiger partial charge in [-0.2, -0.15) is 0 Å². The number of nitrogens with zero attached hydrogens (tertiary/aromatic N) is 2. The van der Waals surface area contributed by atoms with E-state index < -0.39 is 0 Å². The van der Waals surface area contributed by atoms with Crippen LogP contribution < -0.4 is 20.9 Å². The monoisotopic (exact) mass is 470 g/mol. The lowest BCUT2D eigenvalue weighted by molar-refractivity contribution is -0.0627. The van der Waals surface area contributed by atoms with E-state index in [0.29, 0.717) is 24.2 Å². The van der Waals surface area contributed by atoms with Gasteiger partial charge in [0.05, 0.1) is 23.9 Å². The van der Waals surface area contributed by atoms with E-state index in [0.717, 1.165) is 37.8 Å². The fraction of sp³-hybridized carbons (Fsp3) is 0.615. The van der Waals surface area contributed by atoms with Crippen LogP contribution in [0.15, 0.2) is 41.5 Å². The summed E-state index contributed by atoms with van der Waals surface area (Å²) in [4.78, 5) is 17.3. The standard InChI is InChI=1S/C26H38N4O4/c1-17(2)28-21-7-5-12-27-25(21)34-20-15-19(16-20)33-14-11-18(3)29-22-8-6-13-30(26(22)31)23-9-10-24(23)32-4/h5-8,12-13,17-20,23-24,28-29H,9-11,14-16H2,1-4H3/t18?,19-,20-,23-,24-/m0/s1. The Hall–Kier alpha value is -2.58. The minimum Gasteiger partial charge on any atom is -0.473 e. The summed E-state index contributed by atoms with van der Waals surface area (Å²) in [5.74, 6) is 0.657. The van der Waals surface area contributed by atoms with Crippen LogP contribution in [0, 0.1) is 0 Å². The molecule has 2 aliphatic rings. The molecule has 0 radical (unpaired) electrons. The first-order chi connectivity index (χ1) is 16.4. The molecule has 0 bridgehead atoms. The zero-order valence-electron chi connectivity index (χ0n) is 20.7. The van der Waals surface area contributed by atoms with Gasteiger partial charge in [-0.15, -0.1) is 0 Å². The van der Waals surface area contributed by atoms with Crippen molar-refractivity contribution < 1.29 is 14.2 Å². The molecule has 2 aromatic heterocycles. The van der Waals surface area contributed by atoms with Gasteiger partial charge in [-0.3, -0.25) is 4.79 Å². The largest absolute Gasteiger partial charge is 0.473 e. The number of methoxy groups -OCH3 is 1. The lowest BCUT2D eigenvalue weighted by atomic mass is 9.88. The summed E-state index contributed by atoms with van der Waals surface area (Å²) >= 11 is 0. The van der Waals surface area contributed by atoms with Gasteiger partial charge in [-0.05, 0) is 64.3 Å². The van der Waals surface area contributed by atoms with Crippen molar-refractivity contribution >= 4 is 11.4 Å². The van der Waals surface area contributed by atoms with Crippen molar-refractivity contribution in [2.45, 2.75) is 89.3 Å². The van der Waals surface area contributed by atoms with Crippen LogP contribution in [0.3, 0.4) is 0 Å². The molecule has 2 N–H and O–H groups in total. The van der Waals surface area contributed by atoms with E-state index in [1.807, 2.05) is 30.5 Å². The number of aromatic nitrogens is 2. The number of pyridine rings is 2. The van der Waals surface area contributed by atoms with Crippen molar-refractivity contribution in [2.75, 3.05) is 24.4 Å². The van der Waals surface area contributed by atoms with Gasteiger partial charge in [-0.1, -0.05) is 0 Å². The molecule has 3 atom stereocenters. The summed E-state index contributed by atoms with van der Waals surface area (Å²) in [6, 6.07) is 8.27. The van der Waals surface area contributed by atoms with Crippen molar-refractivity contribution in [3.8, 4) is 5.88 Å². The highest BCUT2D eigenvalue weighted by atomic mass is 16.5. The van der Waals surface area contributed by atoms with Gasteiger partial charge < -0.3 is 29.4 Å². The Balaban J connectivity index is 1.18. The summed E-state index contributed by atoms with van der Waals surface area (Å²) < 4.78 is 19.4.